The minimum Gasteiger partial charge on any atom is -0.454 e. The maximum atomic E-state index is 12.3. The summed E-state index contributed by atoms with van der Waals surface area (Å²) in [6, 6.07) is 11.9. The van der Waals surface area contributed by atoms with Crippen molar-refractivity contribution in [2.75, 3.05) is 19.0 Å². The fourth-order valence-corrected chi connectivity index (χ4v) is 2.84. The molecule has 1 aliphatic heterocycles. The highest BCUT2D eigenvalue weighted by molar-refractivity contribution is 6.05. The van der Waals surface area contributed by atoms with Crippen molar-refractivity contribution in [1.82, 2.24) is 0 Å². The molecule has 1 heterocycles. The molecule has 6 nitrogen and oxygen atoms in total. The third kappa shape index (κ3) is 3.65. The van der Waals surface area contributed by atoms with Crippen LogP contribution in [0.15, 0.2) is 42.5 Å². The van der Waals surface area contributed by atoms with E-state index >= 15 is 0 Å². The van der Waals surface area contributed by atoms with Gasteiger partial charge in [0.2, 0.25) is 5.91 Å². The Morgan fingerprint density at radius 2 is 1.92 bits per heavy atom. The molecule has 0 spiro atoms. The van der Waals surface area contributed by atoms with Gasteiger partial charge >= 0.3 is 5.97 Å². The molecule has 134 valence electrons. The first-order valence-electron chi connectivity index (χ1n) is 8.22. The Kier molecular flexibility index (Phi) is 5.14. The van der Waals surface area contributed by atoms with Gasteiger partial charge in [0.05, 0.1) is 18.1 Å². The summed E-state index contributed by atoms with van der Waals surface area (Å²) in [5, 5.41) is 2.75. The van der Waals surface area contributed by atoms with Crippen LogP contribution in [0.2, 0.25) is 0 Å². The number of nitrogens with one attached hydrogen (secondary N) is 1. The summed E-state index contributed by atoms with van der Waals surface area (Å²) in [6.45, 7) is 1.81. The molecule has 0 fully saturated rings. The lowest BCUT2D eigenvalue weighted by Crippen LogP contribution is -2.14. The van der Waals surface area contributed by atoms with E-state index in [2.05, 4.69) is 5.32 Å². The summed E-state index contributed by atoms with van der Waals surface area (Å²) >= 11 is 0. The molecular weight excluding hydrogens is 334 g/mol. The van der Waals surface area contributed by atoms with E-state index in [9.17, 15) is 14.4 Å². The molecule has 1 aliphatic rings. The van der Waals surface area contributed by atoms with Gasteiger partial charge in [-0.1, -0.05) is 12.1 Å². The first-order chi connectivity index (χ1) is 12.5. The number of ether oxygens (including phenoxy) is 2. The first kappa shape index (κ1) is 17.8. The van der Waals surface area contributed by atoms with E-state index in [4.69, 9.17) is 9.47 Å². The number of hydrogen-bond donors (Lipinski definition) is 1. The van der Waals surface area contributed by atoms with Gasteiger partial charge in [0.15, 0.2) is 12.4 Å². The molecular formula is C20H19NO5. The van der Waals surface area contributed by atoms with Crippen LogP contribution >= 0.6 is 0 Å². The monoisotopic (exact) mass is 353 g/mol. The van der Waals surface area contributed by atoms with Gasteiger partial charge in [0, 0.05) is 18.4 Å². The number of rotatable bonds is 6. The van der Waals surface area contributed by atoms with Gasteiger partial charge in [-0.25, -0.2) is 4.79 Å². The van der Waals surface area contributed by atoms with E-state index < -0.39 is 5.97 Å². The molecule has 1 amide bonds. The molecule has 26 heavy (non-hydrogen) atoms. The molecule has 1 N–H and O–H groups in total. The van der Waals surface area contributed by atoms with Crippen LogP contribution < -0.4 is 5.32 Å². The second kappa shape index (κ2) is 7.49. The molecule has 1 atom stereocenters. The molecule has 0 radical (unpaired) electrons. The minimum atomic E-state index is -0.567. The molecule has 6 heteroatoms. The zero-order valence-corrected chi connectivity index (χ0v) is 14.6. The Labute approximate surface area is 151 Å². The van der Waals surface area contributed by atoms with Gasteiger partial charge in [0.25, 0.3) is 0 Å². The molecule has 0 saturated heterocycles. The number of Topliss-reactive ketones (excluding diaryl/α,β-unsaturated/α-hetero) is 1. The van der Waals surface area contributed by atoms with E-state index in [0.717, 1.165) is 11.1 Å². The standard InChI is InChI=1S/C20H19NO5/c1-12-16-9-14(6-7-17(16)21-19(12)23)18(22)11-26-20(24)15-5-3-4-13(8-15)10-25-2/h3-9,12H,10-11H2,1-2H3,(H,21,23)/t12-/m1/s1. The zero-order valence-electron chi connectivity index (χ0n) is 14.6. The summed E-state index contributed by atoms with van der Waals surface area (Å²) in [5.74, 6) is -1.28. The molecule has 2 aromatic carbocycles. The molecule has 3 rings (SSSR count). The number of methoxy groups -OCH3 is 1. The van der Waals surface area contributed by atoms with Crippen molar-refractivity contribution in [2.24, 2.45) is 0 Å². The van der Waals surface area contributed by atoms with Crippen LogP contribution in [0.1, 0.15) is 44.7 Å². The summed E-state index contributed by atoms with van der Waals surface area (Å²) < 4.78 is 10.2. The number of carbonyl (C=O) groups excluding carboxylic acids is 3. The highest BCUT2D eigenvalue weighted by Gasteiger charge is 2.27. The Morgan fingerprint density at radius 1 is 1.12 bits per heavy atom. The van der Waals surface area contributed by atoms with Gasteiger partial charge in [-0.05, 0) is 48.4 Å². The predicted octanol–water partition coefficient (Wildman–Crippen LogP) is 2.93. The molecule has 0 aromatic heterocycles. The Morgan fingerprint density at radius 3 is 2.69 bits per heavy atom. The van der Waals surface area contributed by atoms with Crippen LogP contribution in [-0.4, -0.2) is 31.4 Å². The van der Waals surface area contributed by atoms with Crippen LogP contribution in [0.4, 0.5) is 5.69 Å². The topological polar surface area (TPSA) is 81.7 Å². The van der Waals surface area contributed by atoms with Crippen LogP contribution in [0, 0.1) is 0 Å². The highest BCUT2D eigenvalue weighted by Crippen LogP contribution is 2.32. The van der Waals surface area contributed by atoms with Gasteiger partial charge in [-0.2, -0.15) is 0 Å². The lowest BCUT2D eigenvalue weighted by molar-refractivity contribution is -0.116. The van der Waals surface area contributed by atoms with E-state index in [1.54, 1.807) is 50.4 Å². The van der Waals surface area contributed by atoms with Crippen molar-refractivity contribution < 1.29 is 23.9 Å². The van der Waals surface area contributed by atoms with Crippen molar-refractivity contribution in [1.29, 1.82) is 0 Å². The molecule has 0 unspecified atom stereocenters. The zero-order chi connectivity index (χ0) is 18.7. The van der Waals surface area contributed by atoms with Gasteiger partial charge in [0.1, 0.15) is 0 Å². The highest BCUT2D eigenvalue weighted by atomic mass is 16.5. The maximum Gasteiger partial charge on any atom is 0.338 e. The molecule has 0 aliphatic carbocycles. The average molecular weight is 353 g/mol. The fraction of sp³-hybridized carbons (Fsp3) is 0.250. The number of carbonyl (C=O) groups is 3. The summed E-state index contributed by atoms with van der Waals surface area (Å²) in [6.07, 6.45) is 0. The number of esters is 1. The third-order valence-electron chi connectivity index (χ3n) is 4.30. The van der Waals surface area contributed by atoms with Crippen molar-refractivity contribution in [3.8, 4) is 0 Å². The fourth-order valence-electron chi connectivity index (χ4n) is 2.84. The van der Waals surface area contributed by atoms with Crippen LogP contribution in [0.25, 0.3) is 0 Å². The lowest BCUT2D eigenvalue weighted by atomic mass is 9.99. The molecule has 0 bridgehead atoms. The largest absolute Gasteiger partial charge is 0.454 e. The van der Waals surface area contributed by atoms with E-state index in [0.29, 0.717) is 23.4 Å². The van der Waals surface area contributed by atoms with E-state index in [1.807, 2.05) is 6.07 Å². The second-order valence-corrected chi connectivity index (χ2v) is 6.15. The Balaban J connectivity index is 1.65. The molecule has 2 aromatic rings. The van der Waals surface area contributed by atoms with Gasteiger partial charge in [-0.3, -0.25) is 9.59 Å². The Hall–Kier alpha value is -2.99. The summed E-state index contributed by atoms with van der Waals surface area (Å²) in [4.78, 5) is 36.2. The second-order valence-electron chi connectivity index (χ2n) is 6.15. The van der Waals surface area contributed by atoms with Crippen molar-refractivity contribution in [3.63, 3.8) is 0 Å². The average Bonchev–Trinajstić information content (AvgIpc) is 2.93. The number of amides is 1. The SMILES string of the molecule is COCc1cccc(C(=O)OCC(=O)c2ccc3c(c2)[C@@H](C)C(=O)N3)c1. The number of fused-ring (bicyclic) bond motifs is 1. The lowest BCUT2D eigenvalue weighted by Gasteiger charge is -2.08. The number of benzene rings is 2. The van der Waals surface area contributed by atoms with Crippen LogP contribution in [0.3, 0.4) is 0 Å². The van der Waals surface area contributed by atoms with E-state index in [-0.39, 0.29) is 24.2 Å². The van der Waals surface area contributed by atoms with Crippen molar-refractivity contribution >= 4 is 23.3 Å². The Bertz CT molecular complexity index is 874. The first-order valence-corrected chi connectivity index (χ1v) is 8.22. The van der Waals surface area contributed by atoms with Gasteiger partial charge < -0.3 is 14.8 Å². The van der Waals surface area contributed by atoms with Gasteiger partial charge in [-0.15, -0.1) is 0 Å². The third-order valence-corrected chi connectivity index (χ3v) is 4.30. The normalized spacial score (nSPS) is 15.3. The number of ketones is 1. The smallest absolute Gasteiger partial charge is 0.338 e. The van der Waals surface area contributed by atoms with Crippen molar-refractivity contribution in [2.45, 2.75) is 19.4 Å². The summed E-state index contributed by atoms with van der Waals surface area (Å²) in [5.41, 5.74) is 3.11. The number of anilines is 1. The van der Waals surface area contributed by atoms with Crippen LogP contribution in [-0.2, 0) is 20.9 Å². The minimum absolute atomic E-state index is 0.0908. The number of hydrogen-bond acceptors (Lipinski definition) is 5. The quantitative estimate of drug-likeness (QED) is 0.638. The maximum absolute atomic E-state index is 12.3. The predicted molar refractivity (Wildman–Crippen MR) is 95.3 cm³/mol. The van der Waals surface area contributed by atoms with Crippen LogP contribution in [0.5, 0.6) is 0 Å². The van der Waals surface area contributed by atoms with Crippen molar-refractivity contribution in [3.05, 3.63) is 64.7 Å². The van der Waals surface area contributed by atoms with E-state index in [1.165, 1.54) is 0 Å². The molecule has 0 saturated carbocycles. The summed E-state index contributed by atoms with van der Waals surface area (Å²) in [7, 11) is 1.57.